The predicted octanol–water partition coefficient (Wildman–Crippen LogP) is 2.91. The minimum Gasteiger partial charge on any atom is -0.310 e. The van der Waals surface area contributed by atoms with Gasteiger partial charge in [-0.3, -0.25) is 4.68 Å². The maximum absolute atomic E-state index is 4.38. The number of likely N-dealkylation sites (N-methyl/N-ethyl adjacent to an activating group) is 1. The number of nitrogens with one attached hydrogen (secondary N) is 1. The Hall–Kier alpha value is -1.33. The third-order valence-electron chi connectivity index (χ3n) is 3.35. The van der Waals surface area contributed by atoms with Gasteiger partial charge in [0.05, 0.1) is 0 Å². The Balaban J connectivity index is 2.17. The molecule has 0 aliphatic carbocycles. The van der Waals surface area contributed by atoms with E-state index in [4.69, 9.17) is 0 Å². The Kier molecular flexibility index (Phi) is 5.61. The Bertz CT molecular complexity index is 521. The summed E-state index contributed by atoms with van der Waals surface area (Å²) in [5.41, 5.74) is 1.30. The number of rotatable bonds is 7. The fraction of sp³-hybridized carbons (Fsp3) is 0.467. The molecule has 0 bridgehead atoms. The van der Waals surface area contributed by atoms with Gasteiger partial charge in [0, 0.05) is 23.9 Å². The van der Waals surface area contributed by atoms with Gasteiger partial charge in [0.15, 0.2) is 0 Å². The van der Waals surface area contributed by atoms with Crippen molar-refractivity contribution in [2.45, 2.75) is 37.8 Å². The zero-order valence-corrected chi connectivity index (χ0v) is 13.2. The van der Waals surface area contributed by atoms with Crippen molar-refractivity contribution in [3.8, 4) is 0 Å². The monoisotopic (exact) mass is 290 g/mol. The molecule has 2 rings (SSSR count). The van der Waals surface area contributed by atoms with Crippen LogP contribution in [0.15, 0.2) is 35.5 Å². The van der Waals surface area contributed by atoms with Gasteiger partial charge >= 0.3 is 0 Å². The summed E-state index contributed by atoms with van der Waals surface area (Å²) in [6.45, 7) is 6.02. The lowest BCUT2D eigenvalue weighted by Crippen LogP contribution is -2.24. The largest absolute Gasteiger partial charge is 0.310 e. The lowest BCUT2D eigenvalue weighted by atomic mass is 10.0. The second-order valence-electron chi connectivity index (χ2n) is 4.58. The lowest BCUT2D eigenvalue weighted by molar-refractivity contribution is 0.509. The zero-order chi connectivity index (χ0) is 14.4. The van der Waals surface area contributed by atoms with Crippen molar-refractivity contribution >= 4 is 11.8 Å². The van der Waals surface area contributed by atoms with Gasteiger partial charge in [0.2, 0.25) is 0 Å². The van der Waals surface area contributed by atoms with E-state index in [1.54, 1.807) is 18.1 Å². The van der Waals surface area contributed by atoms with E-state index in [0.29, 0.717) is 0 Å². The van der Waals surface area contributed by atoms with Gasteiger partial charge < -0.3 is 5.32 Å². The van der Waals surface area contributed by atoms with Gasteiger partial charge in [-0.2, -0.15) is 5.10 Å². The van der Waals surface area contributed by atoms with Crippen LogP contribution in [0.25, 0.3) is 0 Å². The van der Waals surface area contributed by atoms with Crippen LogP contribution < -0.4 is 5.32 Å². The number of hydrogen-bond donors (Lipinski definition) is 1. The molecule has 1 unspecified atom stereocenters. The van der Waals surface area contributed by atoms with Crippen molar-refractivity contribution in [2.24, 2.45) is 0 Å². The average molecular weight is 290 g/mol. The number of benzene rings is 1. The van der Waals surface area contributed by atoms with Crippen molar-refractivity contribution in [1.29, 1.82) is 0 Å². The first-order valence-corrected chi connectivity index (χ1v) is 8.25. The summed E-state index contributed by atoms with van der Waals surface area (Å²) in [6.07, 6.45) is 4.60. The van der Waals surface area contributed by atoms with E-state index in [9.17, 15) is 0 Å². The van der Waals surface area contributed by atoms with E-state index in [2.05, 4.69) is 59.8 Å². The fourth-order valence-electron chi connectivity index (χ4n) is 2.28. The van der Waals surface area contributed by atoms with Gasteiger partial charge in [-0.25, -0.2) is 4.98 Å². The molecule has 0 radical (unpaired) electrons. The third-order valence-corrected chi connectivity index (χ3v) is 4.09. The molecule has 1 N–H and O–H groups in total. The molecule has 108 valence electrons. The van der Waals surface area contributed by atoms with Crippen LogP contribution in [0.3, 0.4) is 0 Å². The van der Waals surface area contributed by atoms with Crippen LogP contribution in [-0.2, 0) is 13.0 Å². The molecule has 0 saturated heterocycles. The number of thioether (sulfide) groups is 1. The minimum atomic E-state index is 0.283. The summed E-state index contributed by atoms with van der Waals surface area (Å²) in [7, 11) is 0. The smallest absolute Gasteiger partial charge is 0.138 e. The van der Waals surface area contributed by atoms with Crippen molar-refractivity contribution in [1.82, 2.24) is 20.1 Å². The second-order valence-corrected chi connectivity index (χ2v) is 5.46. The van der Waals surface area contributed by atoms with E-state index < -0.39 is 0 Å². The summed E-state index contributed by atoms with van der Waals surface area (Å²) in [6, 6.07) is 9.03. The first-order valence-electron chi connectivity index (χ1n) is 7.02. The predicted molar refractivity (Wildman–Crippen MR) is 84.0 cm³/mol. The maximum atomic E-state index is 4.38. The first-order chi connectivity index (χ1) is 9.78. The van der Waals surface area contributed by atoms with Gasteiger partial charge in [0.25, 0.3) is 0 Å². The zero-order valence-electron chi connectivity index (χ0n) is 12.3. The standard InChI is InChI=1S/C15H22N4S/c1-4-16-14(10-15-17-11-18-19(15)5-2)12-6-8-13(20-3)9-7-12/h6-9,11,14,16H,4-5,10H2,1-3H3. The Morgan fingerprint density at radius 1 is 1.25 bits per heavy atom. The number of nitrogens with zero attached hydrogens (tertiary/aromatic N) is 3. The summed E-state index contributed by atoms with van der Waals surface area (Å²) in [5.74, 6) is 1.03. The Morgan fingerprint density at radius 2 is 2.00 bits per heavy atom. The van der Waals surface area contributed by atoms with Gasteiger partial charge in [-0.1, -0.05) is 19.1 Å². The molecule has 0 amide bonds. The average Bonchev–Trinajstić information content (AvgIpc) is 2.94. The highest BCUT2D eigenvalue weighted by atomic mass is 32.2. The summed E-state index contributed by atoms with van der Waals surface area (Å²) >= 11 is 1.77. The first kappa shape index (κ1) is 15.1. The molecule has 0 aliphatic heterocycles. The second kappa shape index (κ2) is 7.45. The Labute approximate surface area is 125 Å². The van der Waals surface area contributed by atoms with E-state index in [1.165, 1.54) is 10.5 Å². The van der Waals surface area contributed by atoms with Gasteiger partial charge in [-0.05, 0) is 37.4 Å². The van der Waals surface area contributed by atoms with Crippen LogP contribution in [-0.4, -0.2) is 27.6 Å². The van der Waals surface area contributed by atoms with Crippen LogP contribution >= 0.6 is 11.8 Å². The third kappa shape index (κ3) is 3.61. The quantitative estimate of drug-likeness (QED) is 0.796. The summed E-state index contributed by atoms with van der Waals surface area (Å²) in [4.78, 5) is 5.67. The SMILES string of the molecule is CCNC(Cc1ncnn1CC)c1ccc(SC)cc1. The fourth-order valence-corrected chi connectivity index (χ4v) is 2.69. The minimum absolute atomic E-state index is 0.283. The maximum Gasteiger partial charge on any atom is 0.138 e. The normalized spacial score (nSPS) is 12.6. The van der Waals surface area contributed by atoms with Gasteiger partial charge in [-0.15, -0.1) is 11.8 Å². The Morgan fingerprint density at radius 3 is 2.60 bits per heavy atom. The molecular weight excluding hydrogens is 268 g/mol. The van der Waals surface area contributed by atoms with Crippen LogP contribution in [0.1, 0.15) is 31.3 Å². The van der Waals surface area contributed by atoms with Crippen LogP contribution in [0, 0.1) is 0 Å². The van der Waals surface area contributed by atoms with E-state index in [-0.39, 0.29) is 6.04 Å². The molecular formula is C15H22N4S. The molecule has 20 heavy (non-hydrogen) atoms. The highest BCUT2D eigenvalue weighted by Crippen LogP contribution is 2.21. The van der Waals surface area contributed by atoms with Crippen molar-refractivity contribution in [3.05, 3.63) is 42.0 Å². The van der Waals surface area contributed by atoms with Gasteiger partial charge in [0.1, 0.15) is 12.2 Å². The van der Waals surface area contributed by atoms with Crippen LogP contribution in [0.4, 0.5) is 0 Å². The number of hydrogen-bond acceptors (Lipinski definition) is 4. The summed E-state index contributed by atoms with van der Waals surface area (Å²) < 4.78 is 1.96. The van der Waals surface area contributed by atoms with Crippen molar-refractivity contribution in [2.75, 3.05) is 12.8 Å². The highest BCUT2D eigenvalue weighted by molar-refractivity contribution is 7.98. The highest BCUT2D eigenvalue weighted by Gasteiger charge is 2.14. The molecule has 1 aromatic carbocycles. The molecule has 0 fully saturated rings. The molecule has 1 heterocycles. The molecule has 5 heteroatoms. The molecule has 1 aromatic heterocycles. The van der Waals surface area contributed by atoms with E-state index >= 15 is 0 Å². The molecule has 4 nitrogen and oxygen atoms in total. The number of aryl methyl sites for hydroxylation is 1. The van der Waals surface area contributed by atoms with E-state index in [1.807, 2.05) is 4.68 Å². The van der Waals surface area contributed by atoms with Crippen LogP contribution in [0.2, 0.25) is 0 Å². The van der Waals surface area contributed by atoms with Crippen molar-refractivity contribution in [3.63, 3.8) is 0 Å². The van der Waals surface area contributed by atoms with E-state index in [0.717, 1.165) is 25.3 Å². The van der Waals surface area contributed by atoms with Crippen LogP contribution in [0.5, 0.6) is 0 Å². The number of aromatic nitrogens is 3. The molecule has 2 aromatic rings. The molecule has 1 atom stereocenters. The summed E-state index contributed by atoms with van der Waals surface area (Å²) in [5, 5.41) is 7.78. The molecule has 0 aliphatic rings. The molecule has 0 saturated carbocycles. The van der Waals surface area contributed by atoms with Crippen molar-refractivity contribution < 1.29 is 0 Å². The lowest BCUT2D eigenvalue weighted by Gasteiger charge is -2.18. The molecule has 0 spiro atoms. The topological polar surface area (TPSA) is 42.7 Å².